The zero-order valence-electron chi connectivity index (χ0n) is 9.38. The number of nitriles is 1. The summed E-state index contributed by atoms with van der Waals surface area (Å²) in [5.41, 5.74) is -0.642. The second kappa shape index (κ2) is 5.05. The quantitative estimate of drug-likeness (QED) is 0.723. The lowest BCUT2D eigenvalue weighted by Crippen LogP contribution is -2.09. The lowest BCUT2D eigenvalue weighted by atomic mass is 9.94. The average molecular weight is 239 g/mol. The Kier molecular flexibility index (Phi) is 3.95. The van der Waals surface area contributed by atoms with Gasteiger partial charge in [0.25, 0.3) is 0 Å². The highest BCUT2D eigenvalue weighted by atomic mass is 19.4. The maximum absolute atomic E-state index is 12.7. The molecule has 0 saturated carbocycles. The Bertz CT molecular complexity index is 455. The number of hydrogen-bond donors (Lipinski definition) is 0. The number of nitrogens with zero attached hydrogens (tertiary/aromatic N) is 1. The first-order chi connectivity index (χ1) is 7.90. The molecule has 1 unspecified atom stereocenters. The Morgan fingerprint density at radius 1 is 1.47 bits per heavy atom. The van der Waals surface area contributed by atoms with Crippen LogP contribution in [0.25, 0.3) is 0 Å². The molecule has 0 spiro atoms. The van der Waals surface area contributed by atoms with Gasteiger partial charge in [0.05, 0.1) is 17.2 Å². The van der Waals surface area contributed by atoms with Crippen LogP contribution in [-0.4, -0.2) is 0 Å². The summed E-state index contributed by atoms with van der Waals surface area (Å²) in [6.07, 6.45) is -2.23. The second-order valence-corrected chi connectivity index (χ2v) is 3.84. The molecule has 1 aromatic rings. The van der Waals surface area contributed by atoms with Crippen molar-refractivity contribution >= 4 is 0 Å². The smallest absolute Gasteiger partial charge is 0.192 e. The van der Waals surface area contributed by atoms with E-state index < -0.39 is 11.7 Å². The lowest BCUT2D eigenvalue weighted by Gasteiger charge is -2.14. The first-order valence-electron chi connectivity index (χ1n) is 5.12. The van der Waals surface area contributed by atoms with Crippen molar-refractivity contribution < 1.29 is 13.2 Å². The van der Waals surface area contributed by atoms with E-state index in [-0.39, 0.29) is 11.5 Å². The molecule has 1 aromatic carbocycles. The third-order valence-electron chi connectivity index (χ3n) is 2.56. The van der Waals surface area contributed by atoms with E-state index >= 15 is 0 Å². The van der Waals surface area contributed by atoms with Crippen molar-refractivity contribution in [3.05, 3.63) is 47.5 Å². The molecule has 0 radical (unpaired) electrons. The van der Waals surface area contributed by atoms with Crippen LogP contribution >= 0.6 is 0 Å². The second-order valence-electron chi connectivity index (χ2n) is 3.84. The van der Waals surface area contributed by atoms with Crippen molar-refractivity contribution in [3.8, 4) is 6.07 Å². The largest absolute Gasteiger partial charge is 0.417 e. The Labute approximate surface area is 98.2 Å². The summed E-state index contributed by atoms with van der Waals surface area (Å²) >= 11 is 0. The van der Waals surface area contributed by atoms with E-state index in [9.17, 15) is 13.2 Å². The summed E-state index contributed by atoms with van der Waals surface area (Å²) < 4.78 is 38.1. The monoisotopic (exact) mass is 239 g/mol. The van der Waals surface area contributed by atoms with Crippen LogP contribution in [0.5, 0.6) is 0 Å². The highest BCUT2D eigenvalue weighted by Crippen LogP contribution is 2.34. The molecule has 17 heavy (non-hydrogen) atoms. The van der Waals surface area contributed by atoms with E-state index in [1.807, 2.05) is 6.92 Å². The molecule has 1 atom stereocenters. The van der Waals surface area contributed by atoms with Crippen molar-refractivity contribution in [2.45, 2.75) is 25.4 Å². The fourth-order valence-corrected chi connectivity index (χ4v) is 1.59. The molecule has 1 rings (SSSR count). The van der Waals surface area contributed by atoms with Gasteiger partial charge in [0.1, 0.15) is 0 Å². The van der Waals surface area contributed by atoms with E-state index in [0.29, 0.717) is 12.0 Å². The van der Waals surface area contributed by atoms with Crippen LogP contribution in [0.15, 0.2) is 30.9 Å². The summed E-state index contributed by atoms with van der Waals surface area (Å²) in [5, 5.41) is 8.65. The topological polar surface area (TPSA) is 23.8 Å². The third kappa shape index (κ3) is 3.10. The van der Waals surface area contributed by atoms with Gasteiger partial charge in [-0.15, -0.1) is 6.58 Å². The number of hydrogen-bond acceptors (Lipinski definition) is 1. The van der Waals surface area contributed by atoms with Crippen molar-refractivity contribution in [2.24, 2.45) is 0 Å². The number of benzene rings is 1. The standard InChI is InChI=1S/C13H12F3N/c1-3-4-9(2)10-5-6-11(8-17)12(7-10)13(14,15)16/h3,5-7,9H,1,4H2,2H3. The molecule has 90 valence electrons. The van der Waals surface area contributed by atoms with Crippen LogP contribution in [0.4, 0.5) is 13.2 Å². The molecule has 4 heteroatoms. The zero-order valence-corrected chi connectivity index (χ0v) is 9.38. The first kappa shape index (κ1) is 13.3. The maximum Gasteiger partial charge on any atom is 0.417 e. The molecule has 0 bridgehead atoms. The van der Waals surface area contributed by atoms with Crippen LogP contribution in [0, 0.1) is 11.3 Å². The van der Waals surface area contributed by atoms with Crippen LogP contribution in [-0.2, 0) is 6.18 Å². The maximum atomic E-state index is 12.7. The predicted octanol–water partition coefficient (Wildman–Crippen LogP) is 4.26. The van der Waals surface area contributed by atoms with Gasteiger partial charge in [-0.05, 0) is 30.0 Å². The molecule has 0 N–H and O–H groups in total. The molecular weight excluding hydrogens is 227 g/mol. The highest BCUT2D eigenvalue weighted by molar-refractivity contribution is 5.42. The SMILES string of the molecule is C=CCC(C)c1ccc(C#N)c(C(F)(F)F)c1. The van der Waals surface area contributed by atoms with Gasteiger partial charge in [-0.25, -0.2) is 0 Å². The highest BCUT2D eigenvalue weighted by Gasteiger charge is 2.34. The Morgan fingerprint density at radius 2 is 2.12 bits per heavy atom. The summed E-state index contributed by atoms with van der Waals surface area (Å²) in [4.78, 5) is 0. The molecule has 0 aliphatic rings. The molecule has 0 aliphatic carbocycles. The number of alkyl halides is 3. The summed E-state index contributed by atoms with van der Waals surface area (Å²) in [6.45, 7) is 5.38. The predicted molar refractivity (Wildman–Crippen MR) is 59.4 cm³/mol. The molecule has 0 aromatic heterocycles. The normalized spacial score (nSPS) is 12.9. The fourth-order valence-electron chi connectivity index (χ4n) is 1.59. The molecular formula is C13H12F3N. The molecule has 0 amide bonds. The lowest BCUT2D eigenvalue weighted by molar-refractivity contribution is -0.137. The van der Waals surface area contributed by atoms with Gasteiger partial charge in [-0.1, -0.05) is 19.1 Å². The van der Waals surface area contributed by atoms with Crippen LogP contribution < -0.4 is 0 Å². The van der Waals surface area contributed by atoms with Crippen LogP contribution in [0.1, 0.15) is 36.0 Å². The molecule has 0 fully saturated rings. The van der Waals surface area contributed by atoms with E-state index in [2.05, 4.69) is 6.58 Å². The Hall–Kier alpha value is -1.76. The van der Waals surface area contributed by atoms with Crippen LogP contribution in [0.2, 0.25) is 0 Å². The summed E-state index contributed by atoms with van der Waals surface area (Å²) in [6, 6.07) is 5.39. The first-order valence-corrected chi connectivity index (χ1v) is 5.12. The van der Waals surface area contributed by atoms with Crippen molar-refractivity contribution in [3.63, 3.8) is 0 Å². The average Bonchev–Trinajstić information content (AvgIpc) is 2.27. The van der Waals surface area contributed by atoms with Gasteiger partial charge in [-0.2, -0.15) is 18.4 Å². The van der Waals surface area contributed by atoms with Gasteiger partial charge in [0, 0.05) is 0 Å². The summed E-state index contributed by atoms with van der Waals surface area (Å²) in [7, 11) is 0. The van der Waals surface area contributed by atoms with Gasteiger partial charge in [0.15, 0.2) is 0 Å². The fraction of sp³-hybridized carbons (Fsp3) is 0.308. The number of allylic oxidation sites excluding steroid dienone is 1. The Balaban J connectivity index is 3.24. The van der Waals surface area contributed by atoms with Crippen molar-refractivity contribution in [2.75, 3.05) is 0 Å². The minimum Gasteiger partial charge on any atom is -0.192 e. The van der Waals surface area contributed by atoms with Gasteiger partial charge >= 0.3 is 6.18 Å². The van der Waals surface area contributed by atoms with Gasteiger partial charge in [0.2, 0.25) is 0 Å². The third-order valence-corrected chi connectivity index (χ3v) is 2.56. The number of halogens is 3. The number of rotatable bonds is 3. The van der Waals surface area contributed by atoms with Crippen molar-refractivity contribution in [1.29, 1.82) is 5.26 Å². The zero-order chi connectivity index (χ0) is 13.1. The Morgan fingerprint density at radius 3 is 2.59 bits per heavy atom. The van der Waals surface area contributed by atoms with E-state index in [0.717, 1.165) is 6.07 Å². The molecule has 0 saturated heterocycles. The molecule has 0 heterocycles. The minimum atomic E-state index is -4.49. The molecule has 1 nitrogen and oxygen atoms in total. The van der Waals surface area contributed by atoms with E-state index in [1.54, 1.807) is 18.2 Å². The summed E-state index contributed by atoms with van der Waals surface area (Å²) in [5.74, 6) is -0.0404. The minimum absolute atomic E-state index is 0.0404. The molecule has 0 aliphatic heterocycles. The van der Waals surface area contributed by atoms with E-state index in [1.165, 1.54) is 6.07 Å². The van der Waals surface area contributed by atoms with Gasteiger partial charge < -0.3 is 0 Å². The van der Waals surface area contributed by atoms with E-state index in [4.69, 9.17) is 5.26 Å². The van der Waals surface area contributed by atoms with Crippen molar-refractivity contribution in [1.82, 2.24) is 0 Å². The van der Waals surface area contributed by atoms with Crippen LogP contribution in [0.3, 0.4) is 0 Å². The van der Waals surface area contributed by atoms with Gasteiger partial charge in [-0.3, -0.25) is 0 Å².